The predicted octanol–water partition coefficient (Wildman–Crippen LogP) is -1.35. The SMILES string of the molecule is CC(C)CC(NC(=O)CNC(=O)C(CC(N)=O)NC(=O)C(N)Cc1ccccc1)C(=O)O. The van der Waals surface area contributed by atoms with Gasteiger partial charge in [-0.2, -0.15) is 0 Å². The summed E-state index contributed by atoms with van der Waals surface area (Å²) >= 11 is 0. The smallest absolute Gasteiger partial charge is 0.326 e. The molecule has 4 amide bonds. The number of rotatable bonds is 13. The molecule has 0 spiro atoms. The first-order valence-corrected chi connectivity index (χ1v) is 10.2. The number of carbonyl (C=O) groups excluding carboxylic acids is 4. The third-order valence-electron chi connectivity index (χ3n) is 4.44. The molecule has 1 aromatic carbocycles. The maximum Gasteiger partial charge on any atom is 0.326 e. The van der Waals surface area contributed by atoms with Crippen LogP contribution in [0.5, 0.6) is 0 Å². The topological polar surface area (TPSA) is 194 Å². The van der Waals surface area contributed by atoms with E-state index in [0.717, 1.165) is 5.56 Å². The van der Waals surface area contributed by atoms with E-state index in [2.05, 4.69) is 16.0 Å². The Morgan fingerprint density at radius 2 is 1.59 bits per heavy atom. The van der Waals surface area contributed by atoms with Gasteiger partial charge in [-0.25, -0.2) is 4.79 Å². The van der Waals surface area contributed by atoms with Gasteiger partial charge in [-0.15, -0.1) is 0 Å². The van der Waals surface area contributed by atoms with Crippen molar-refractivity contribution in [3.63, 3.8) is 0 Å². The molecule has 1 rings (SSSR count). The zero-order valence-corrected chi connectivity index (χ0v) is 18.2. The fourth-order valence-electron chi connectivity index (χ4n) is 2.88. The van der Waals surface area contributed by atoms with E-state index in [-0.39, 0.29) is 18.8 Å². The molecule has 8 N–H and O–H groups in total. The standard InChI is InChI=1S/C21H31N5O6/c1-12(2)8-16(21(31)32)25-18(28)11-24-20(30)15(10-17(23)27)26-19(29)14(22)9-13-6-4-3-5-7-13/h3-7,12,14-16H,8-11,22H2,1-2H3,(H2,23,27)(H,24,30)(H,25,28)(H,26,29)(H,31,32). The molecule has 1 aromatic rings. The molecular weight excluding hydrogens is 418 g/mol. The van der Waals surface area contributed by atoms with Gasteiger partial charge >= 0.3 is 5.97 Å². The minimum atomic E-state index is -1.33. The number of nitrogens with two attached hydrogens (primary N) is 2. The maximum absolute atomic E-state index is 12.4. The van der Waals surface area contributed by atoms with E-state index >= 15 is 0 Å². The molecule has 176 valence electrons. The molecule has 3 atom stereocenters. The summed E-state index contributed by atoms with van der Waals surface area (Å²) in [7, 11) is 0. The molecule has 0 aliphatic rings. The van der Waals surface area contributed by atoms with E-state index in [0.29, 0.717) is 0 Å². The lowest BCUT2D eigenvalue weighted by Crippen LogP contribution is -2.54. The van der Waals surface area contributed by atoms with Crippen LogP contribution < -0.4 is 27.4 Å². The van der Waals surface area contributed by atoms with Crippen LogP contribution >= 0.6 is 0 Å². The van der Waals surface area contributed by atoms with Crippen molar-refractivity contribution in [3.05, 3.63) is 35.9 Å². The second kappa shape index (κ2) is 13.1. The van der Waals surface area contributed by atoms with Gasteiger partial charge in [0.25, 0.3) is 0 Å². The Bertz CT molecular complexity index is 814. The van der Waals surface area contributed by atoms with Crippen LogP contribution in [0.2, 0.25) is 0 Å². The molecular formula is C21H31N5O6. The van der Waals surface area contributed by atoms with Crippen LogP contribution in [-0.4, -0.2) is 59.4 Å². The van der Waals surface area contributed by atoms with Gasteiger partial charge in [-0.3, -0.25) is 19.2 Å². The number of amides is 4. The van der Waals surface area contributed by atoms with Gasteiger partial charge in [0, 0.05) is 0 Å². The average Bonchev–Trinajstić information content (AvgIpc) is 2.70. The fraction of sp³-hybridized carbons (Fsp3) is 0.476. The van der Waals surface area contributed by atoms with Crippen LogP contribution in [0.1, 0.15) is 32.3 Å². The van der Waals surface area contributed by atoms with E-state index < -0.39 is 60.7 Å². The summed E-state index contributed by atoms with van der Waals surface area (Å²) in [4.78, 5) is 59.4. The summed E-state index contributed by atoms with van der Waals surface area (Å²) in [6.45, 7) is 3.08. The third-order valence-corrected chi connectivity index (χ3v) is 4.44. The first-order valence-electron chi connectivity index (χ1n) is 10.2. The normalized spacial score (nSPS) is 13.5. The molecule has 0 aromatic heterocycles. The van der Waals surface area contributed by atoms with Crippen LogP contribution in [0.15, 0.2) is 30.3 Å². The first kappa shape index (κ1) is 26.6. The monoisotopic (exact) mass is 449 g/mol. The summed E-state index contributed by atoms with van der Waals surface area (Å²) in [5.74, 6) is -4.21. The van der Waals surface area contributed by atoms with Crippen molar-refractivity contribution in [2.75, 3.05) is 6.54 Å². The molecule has 3 unspecified atom stereocenters. The molecule has 0 aliphatic carbocycles. The van der Waals surface area contributed by atoms with E-state index in [1.54, 1.807) is 24.3 Å². The lowest BCUT2D eigenvalue weighted by atomic mass is 10.0. The van der Waals surface area contributed by atoms with Crippen molar-refractivity contribution in [1.29, 1.82) is 0 Å². The number of primary amides is 1. The van der Waals surface area contributed by atoms with E-state index in [1.807, 2.05) is 19.9 Å². The van der Waals surface area contributed by atoms with E-state index in [4.69, 9.17) is 11.5 Å². The zero-order valence-electron chi connectivity index (χ0n) is 18.2. The summed E-state index contributed by atoms with van der Waals surface area (Å²) in [6, 6.07) is 5.59. The third kappa shape index (κ3) is 10.0. The van der Waals surface area contributed by atoms with Gasteiger partial charge < -0.3 is 32.5 Å². The van der Waals surface area contributed by atoms with Gasteiger partial charge in [0.2, 0.25) is 23.6 Å². The highest BCUT2D eigenvalue weighted by molar-refractivity contribution is 5.95. The van der Waals surface area contributed by atoms with Gasteiger partial charge in [-0.1, -0.05) is 44.2 Å². The Morgan fingerprint density at radius 3 is 2.12 bits per heavy atom. The second-order valence-electron chi connectivity index (χ2n) is 7.83. The van der Waals surface area contributed by atoms with Crippen LogP contribution in [0, 0.1) is 5.92 Å². The molecule has 0 saturated carbocycles. The second-order valence-corrected chi connectivity index (χ2v) is 7.83. The number of benzene rings is 1. The summed E-state index contributed by atoms with van der Waals surface area (Å²) in [6.07, 6.45) is -0.0660. The van der Waals surface area contributed by atoms with E-state index in [9.17, 15) is 29.1 Å². The molecule has 0 heterocycles. The number of hydrogen-bond donors (Lipinski definition) is 6. The first-order chi connectivity index (χ1) is 15.0. The number of carboxylic acids is 1. The lowest BCUT2D eigenvalue weighted by molar-refractivity contribution is -0.142. The maximum atomic E-state index is 12.4. The summed E-state index contributed by atoms with van der Waals surface area (Å²) in [5, 5.41) is 16.1. The summed E-state index contributed by atoms with van der Waals surface area (Å²) in [5.41, 5.74) is 11.9. The average molecular weight is 450 g/mol. The number of carbonyl (C=O) groups is 5. The highest BCUT2D eigenvalue weighted by atomic mass is 16.4. The van der Waals surface area contributed by atoms with Gasteiger partial charge in [-0.05, 0) is 24.3 Å². The number of carboxylic acid groups (broad SMARTS) is 1. The van der Waals surface area contributed by atoms with Crippen LogP contribution in [0.3, 0.4) is 0 Å². The molecule has 0 bridgehead atoms. The van der Waals surface area contributed by atoms with Crippen molar-refractivity contribution >= 4 is 29.6 Å². The Morgan fingerprint density at radius 1 is 0.969 bits per heavy atom. The molecule has 0 radical (unpaired) electrons. The Labute approximate surface area is 186 Å². The van der Waals surface area contributed by atoms with Crippen molar-refractivity contribution < 1.29 is 29.1 Å². The van der Waals surface area contributed by atoms with Gasteiger partial charge in [0.05, 0.1) is 19.0 Å². The number of aliphatic carboxylic acids is 1. The molecule has 11 nitrogen and oxygen atoms in total. The largest absolute Gasteiger partial charge is 0.480 e. The Hall–Kier alpha value is -3.47. The predicted molar refractivity (Wildman–Crippen MR) is 116 cm³/mol. The zero-order chi connectivity index (χ0) is 24.3. The highest BCUT2D eigenvalue weighted by Crippen LogP contribution is 2.05. The molecule has 0 aliphatic heterocycles. The molecule has 32 heavy (non-hydrogen) atoms. The van der Waals surface area contributed by atoms with Gasteiger partial charge in [0.1, 0.15) is 12.1 Å². The van der Waals surface area contributed by atoms with E-state index in [1.165, 1.54) is 0 Å². The molecule has 0 saturated heterocycles. The quantitative estimate of drug-likeness (QED) is 0.214. The van der Waals surface area contributed by atoms with Crippen molar-refractivity contribution in [1.82, 2.24) is 16.0 Å². The molecule has 11 heteroatoms. The van der Waals surface area contributed by atoms with Crippen molar-refractivity contribution in [3.8, 4) is 0 Å². The molecule has 0 fully saturated rings. The van der Waals surface area contributed by atoms with Crippen LogP contribution in [0.4, 0.5) is 0 Å². The number of hydrogen-bond acceptors (Lipinski definition) is 6. The van der Waals surface area contributed by atoms with Crippen molar-refractivity contribution in [2.45, 2.75) is 51.2 Å². The Balaban J connectivity index is 2.67. The minimum Gasteiger partial charge on any atom is -0.480 e. The number of nitrogens with one attached hydrogen (secondary N) is 3. The lowest BCUT2D eigenvalue weighted by Gasteiger charge is -2.20. The van der Waals surface area contributed by atoms with Crippen molar-refractivity contribution in [2.24, 2.45) is 17.4 Å². The minimum absolute atomic E-state index is 0.0289. The Kier molecular flexibility index (Phi) is 10.8. The van der Waals surface area contributed by atoms with Gasteiger partial charge in [0.15, 0.2) is 0 Å². The summed E-state index contributed by atoms with van der Waals surface area (Å²) < 4.78 is 0. The fourth-order valence-corrected chi connectivity index (χ4v) is 2.88. The highest BCUT2D eigenvalue weighted by Gasteiger charge is 2.27. The van der Waals surface area contributed by atoms with Crippen LogP contribution in [0.25, 0.3) is 0 Å². The van der Waals surface area contributed by atoms with Crippen LogP contribution in [-0.2, 0) is 30.4 Å².